The fourth-order valence-corrected chi connectivity index (χ4v) is 2.15. The number of hydrogen-bond acceptors (Lipinski definition) is 3. The summed E-state index contributed by atoms with van der Waals surface area (Å²) >= 11 is 0. The normalized spacial score (nSPS) is 24.2. The van der Waals surface area contributed by atoms with Crippen molar-refractivity contribution >= 4 is 11.8 Å². The third kappa shape index (κ3) is 4.36. The first kappa shape index (κ1) is 16.7. The summed E-state index contributed by atoms with van der Waals surface area (Å²) in [5.74, 6) is -0.726. The van der Waals surface area contributed by atoms with Gasteiger partial charge in [0.2, 0.25) is 11.8 Å². The number of rotatable bonds is 5. The molecular formula is C12H19F3N2O3. The Kier molecular flexibility index (Phi) is 5.38. The van der Waals surface area contributed by atoms with Crippen molar-refractivity contribution in [1.82, 2.24) is 10.2 Å². The summed E-state index contributed by atoms with van der Waals surface area (Å²) in [5.41, 5.74) is 0. The summed E-state index contributed by atoms with van der Waals surface area (Å²) in [7, 11) is 0. The van der Waals surface area contributed by atoms with Gasteiger partial charge in [0.05, 0.1) is 6.61 Å². The molecule has 0 aliphatic carbocycles. The summed E-state index contributed by atoms with van der Waals surface area (Å²) < 4.78 is 40.4. The van der Waals surface area contributed by atoms with Crippen LogP contribution in [0.5, 0.6) is 0 Å². The van der Waals surface area contributed by atoms with E-state index in [9.17, 15) is 22.8 Å². The zero-order valence-corrected chi connectivity index (χ0v) is 11.7. The largest absolute Gasteiger partial charge is 0.411 e. The van der Waals surface area contributed by atoms with E-state index >= 15 is 0 Å². The average molecular weight is 296 g/mol. The van der Waals surface area contributed by atoms with E-state index in [1.54, 1.807) is 20.8 Å². The minimum absolute atomic E-state index is 0.0322. The van der Waals surface area contributed by atoms with Crippen LogP contribution in [0.4, 0.5) is 13.2 Å². The average Bonchev–Trinajstić information content (AvgIpc) is 2.28. The number of carbonyl (C=O) groups excluding carboxylic acids is 2. The smallest absolute Gasteiger partial charge is 0.370 e. The van der Waals surface area contributed by atoms with Crippen LogP contribution in [0.1, 0.15) is 20.8 Å². The van der Waals surface area contributed by atoms with Gasteiger partial charge in [0.25, 0.3) is 0 Å². The molecule has 0 aromatic rings. The number of amides is 2. The molecule has 1 aliphatic rings. The van der Waals surface area contributed by atoms with Crippen LogP contribution in [0, 0.1) is 5.92 Å². The van der Waals surface area contributed by atoms with E-state index in [2.05, 4.69) is 10.1 Å². The molecule has 0 saturated carbocycles. The van der Waals surface area contributed by atoms with Gasteiger partial charge in [0.1, 0.15) is 18.7 Å². The number of nitrogens with zero attached hydrogens (tertiary/aromatic N) is 1. The molecule has 8 heteroatoms. The molecule has 1 saturated heterocycles. The first-order valence-corrected chi connectivity index (χ1v) is 6.39. The van der Waals surface area contributed by atoms with Crippen molar-refractivity contribution in [2.45, 2.75) is 39.0 Å². The molecule has 0 aromatic heterocycles. The molecule has 2 atom stereocenters. The fourth-order valence-electron chi connectivity index (χ4n) is 2.15. The Morgan fingerprint density at radius 1 is 1.35 bits per heavy atom. The van der Waals surface area contributed by atoms with E-state index in [1.165, 1.54) is 4.90 Å². The van der Waals surface area contributed by atoms with Gasteiger partial charge in [0, 0.05) is 6.54 Å². The van der Waals surface area contributed by atoms with Gasteiger partial charge in [0.15, 0.2) is 0 Å². The number of hydrogen-bond donors (Lipinski definition) is 1. The molecule has 116 valence electrons. The summed E-state index contributed by atoms with van der Waals surface area (Å²) in [6, 6.07) is -1.34. The lowest BCUT2D eigenvalue weighted by molar-refractivity contribution is -0.176. The Morgan fingerprint density at radius 3 is 2.45 bits per heavy atom. The zero-order chi connectivity index (χ0) is 15.5. The minimum Gasteiger partial charge on any atom is -0.370 e. The first-order chi connectivity index (χ1) is 9.13. The molecule has 1 aliphatic heterocycles. The van der Waals surface area contributed by atoms with E-state index in [-0.39, 0.29) is 30.9 Å². The second-order valence-corrected chi connectivity index (χ2v) is 5.12. The van der Waals surface area contributed by atoms with Crippen LogP contribution >= 0.6 is 0 Å². The highest BCUT2D eigenvalue weighted by Gasteiger charge is 2.40. The second-order valence-electron chi connectivity index (χ2n) is 5.12. The van der Waals surface area contributed by atoms with Crippen LogP contribution in [-0.4, -0.2) is 54.7 Å². The van der Waals surface area contributed by atoms with E-state index in [0.29, 0.717) is 0 Å². The molecular weight excluding hydrogens is 277 g/mol. The molecule has 0 aromatic carbocycles. The molecule has 2 amide bonds. The SMILES string of the molecule is CC1NC(=O)C(C(C)C)N(CCOCC(F)(F)F)C1=O. The highest BCUT2D eigenvalue weighted by Crippen LogP contribution is 2.18. The predicted molar refractivity (Wildman–Crippen MR) is 64.8 cm³/mol. The molecule has 1 N–H and O–H groups in total. The zero-order valence-electron chi connectivity index (χ0n) is 11.7. The van der Waals surface area contributed by atoms with Crippen LogP contribution in [-0.2, 0) is 14.3 Å². The third-order valence-electron chi connectivity index (χ3n) is 2.99. The van der Waals surface area contributed by atoms with E-state index in [1.807, 2.05) is 0 Å². The van der Waals surface area contributed by atoms with Crippen LogP contribution in [0.2, 0.25) is 0 Å². The van der Waals surface area contributed by atoms with E-state index in [0.717, 1.165) is 0 Å². The van der Waals surface area contributed by atoms with Crippen molar-refractivity contribution in [1.29, 1.82) is 0 Å². The number of alkyl halides is 3. The predicted octanol–water partition coefficient (Wildman–Crippen LogP) is 0.937. The number of nitrogens with one attached hydrogen (secondary N) is 1. The Balaban J connectivity index is 2.62. The highest BCUT2D eigenvalue weighted by atomic mass is 19.4. The molecule has 1 heterocycles. The summed E-state index contributed by atoms with van der Waals surface area (Å²) in [5, 5.41) is 2.55. The number of carbonyl (C=O) groups is 2. The standard InChI is InChI=1S/C12H19F3N2O3/c1-7(2)9-10(18)16-8(3)11(19)17(9)4-5-20-6-12(13,14)15/h7-9H,4-6H2,1-3H3,(H,16,18). The Labute approximate surface area is 115 Å². The van der Waals surface area contributed by atoms with Gasteiger partial charge in [-0.1, -0.05) is 13.8 Å². The molecule has 0 radical (unpaired) electrons. The maximum atomic E-state index is 12.0. The van der Waals surface area contributed by atoms with Gasteiger partial charge in [-0.2, -0.15) is 13.2 Å². The van der Waals surface area contributed by atoms with Gasteiger partial charge in [-0.3, -0.25) is 9.59 Å². The lowest BCUT2D eigenvalue weighted by atomic mass is 9.97. The van der Waals surface area contributed by atoms with Gasteiger partial charge < -0.3 is 15.0 Å². The van der Waals surface area contributed by atoms with Crippen LogP contribution in [0.3, 0.4) is 0 Å². The minimum atomic E-state index is -4.39. The van der Waals surface area contributed by atoms with Gasteiger partial charge >= 0.3 is 6.18 Å². The Hall–Kier alpha value is -1.31. The van der Waals surface area contributed by atoms with Gasteiger partial charge in [-0.15, -0.1) is 0 Å². The monoisotopic (exact) mass is 296 g/mol. The van der Waals surface area contributed by atoms with Crippen molar-refractivity contribution in [3.8, 4) is 0 Å². The van der Waals surface area contributed by atoms with Crippen molar-refractivity contribution in [3.05, 3.63) is 0 Å². The number of ether oxygens (including phenoxy) is 1. The Bertz CT molecular complexity index is 371. The topological polar surface area (TPSA) is 58.6 Å². The lowest BCUT2D eigenvalue weighted by Gasteiger charge is -2.39. The molecule has 1 fully saturated rings. The second kappa shape index (κ2) is 6.43. The van der Waals surface area contributed by atoms with Gasteiger partial charge in [-0.25, -0.2) is 0 Å². The molecule has 1 rings (SSSR count). The Morgan fingerprint density at radius 2 is 1.95 bits per heavy atom. The van der Waals surface area contributed by atoms with Crippen molar-refractivity contribution < 1.29 is 27.5 Å². The fraction of sp³-hybridized carbons (Fsp3) is 0.833. The number of halogens is 3. The number of piperazine rings is 1. The third-order valence-corrected chi connectivity index (χ3v) is 2.99. The van der Waals surface area contributed by atoms with E-state index in [4.69, 9.17) is 0 Å². The summed E-state index contributed by atoms with van der Waals surface area (Å²) in [6.45, 7) is 3.45. The van der Waals surface area contributed by atoms with Crippen LogP contribution < -0.4 is 5.32 Å². The molecule has 2 unspecified atom stereocenters. The summed E-state index contributed by atoms with van der Waals surface area (Å²) in [6.07, 6.45) is -4.39. The molecule has 5 nitrogen and oxygen atoms in total. The molecule has 20 heavy (non-hydrogen) atoms. The lowest BCUT2D eigenvalue weighted by Crippen LogP contribution is -2.64. The molecule has 0 spiro atoms. The highest BCUT2D eigenvalue weighted by molar-refractivity contribution is 5.96. The summed E-state index contributed by atoms with van der Waals surface area (Å²) in [4.78, 5) is 25.2. The van der Waals surface area contributed by atoms with Crippen LogP contribution in [0.15, 0.2) is 0 Å². The maximum absolute atomic E-state index is 12.0. The van der Waals surface area contributed by atoms with Crippen molar-refractivity contribution in [3.63, 3.8) is 0 Å². The quantitative estimate of drug-likeness (QED) is 0.768. The first-order valence-electron chi connectivity index (χ1n) is 6.39. The van der Waals surface area contributed by atoms with Crippen LogP contribution in [0.25, 0.3) is 0 Å². The van der Waals surface area contributed by atoms with Crippen molar-refractivity contribution in [2.75, 3.05) is 19.8 Å². The maximum Gasteiger partial charge on any atom is 0.411 e. The van der Waals surface area contributed by atoms with E-state index < -0.39 is 24.9 Å². The molecule has 0 bridgehead atoms. The van der Waals surface area contributed by atoms with Gasteiger partial charge in [-0.05, 0) is 12.8 Å². The van der Waals surface area contributed by atoms with Crippen molar-refractivity contribution in [2.24, 2.45) is 5.92 Å².